The fourth-order valence-electron chi connectivity index (χ4n) is 1.69. The van der Waals surface area contributed by atoms with Gasteiger partial charge in [-0.25, -0.2) is 8.78 Å². The summed E-state index contributed by atoms with van der Waals surface area (Å²) in [5, 5.41) is 18.4. The van der Waals surface area contributed by atoms with Crippen molar-refractivity contribution in [3.63, 3.8) is 0 Å². The average molecular weight is 298 g/mol. The molecule has 2 rings (SSSR count). The lowest BCUT2D eigenvalue weighted by atomic mass is 9.77. The zero-order chi connectivity index (χ0) is 14.7. The third-order valence-corrected chi connectivity index (χ3v) is 2.96. The minimum absolute atomic E-state index is 0.00299. The van der Waals surface area contributed by atoms with Crippen molar-refractivity contribution < 1.29 is 23.6 Å². The Balaban J connectivity index is 2.18. The van der Waals surface area contributed by atoms with Crippen molar-refractivity contribution in [1.29, 1.82) is 0 Å². The van der Waals surface area contributed by atoms with Gasteiger partial charge in [0.2, 0.25) is 0 Å². The standard InChI is InChI=1S/C13H10BClF2O3/c15-12-6-10(17)3-4-13(12)20-7-8-1-2-9(16)5-11(8)14(18)19/h1-6,18-19H,7H2. The summed E-state index contributed by atoms with van der Waals surface area (Å²) in [4.78, 5) is 0. The Bertz CT molecular complexity index is 623. The van der Waals surface area contributed by atoms with Gasteiger partial charge in [0.25, 0.3) is 0 Å². The highest BCUT2D eigenvalue weighted by Crippen LogP contribution is 2.25. The molecule has 0 heterocycles. The first kappa shape index (κ1) is 14.8. The molecule has 104 valence electrons. The van der Waals surface area contributed by atoms with Gasteiger partial charge in [0.05, 0.1) is 5.02 Å². The van der Waals surface area contributed by atoms with Gasteiger partial charge in [-0.3, -0.25) is 0 Å². The first-order valence-corrected chi connectivity index (χ1v) is 6.07. The molecule has 0 aliphatic rings. The van der Waals surface area contributed by atoms with Crippen molar-refractivity contribution in [3.8, 4) is 5.75 Å². The van der Waals surface area contributed by atoms with Crippen LogP contribution in [0, 0.1) is 11.6 Å². The van der Waals surface area contributed by atoms with Gasteiger partial charge in [-0.2, -0.15) is 0 Å². The molecular weight excluding hydrogens is 288 g/mol. The lowest BCUT2D eigenvalue weighted by Gasteiger charge is -2.12. The predicted octanol–water partition coefficient (Wildman–Crippen LogP) is 1.88. The third kappa shape index (κ3) is 3.48. The molecule has 20 heavy (non-hydrogen) atoms. The van der Waals surface area contributed by atoms with Crippen molar-refractivity contribution in [2.24, 2.45) is 0 Å². The maximum absolute atomic E-state index is 13.1. The maximum Gasteiger partial charge on any atom is 0.488 e. The fraction of sp³-hybridized carbons (Fsp3) is 0.0769. The molecule has 0 atom stereocenters. The zero-order valence-corrected chi connectivity index (χ0v) is 10.9. The normalized spacial score (nSPS) is 10.4. The van der Waals surface area contributed by atoms with Crippen LogP contribution in [-0.2, 0) is 6.61 Å². The van der Waals surface area contributed by atoms with Gasteiger partial charge < -0.3 is 14.8 Å². The molecule has 0 aliphatic heterocycles. The van der Waals surface area contributed by atoms with Gasteiger partial charge in [-0.1, -0.05) is 17.7 Å². The SMILES string of the molecule is OB(O)c1cc(F)ccc1COc1ccc(F)cc1Cl. The summed E-state index contributed by atoms with van der Waals surface area (Å²) in [7, 11) is -1.81. The Hall–Kier alpha value is -1.63. The fourth-order valence-corrected chi connectivity index (χ4v) is 1.91. The van der Waals surface area contributed by atoms with E-state index < -0.39 is 18.8 Å². The molecule has 2 aromatic carbocycles. The second kappa shape index (κ2) is 6.22. The third-order valence-electron chi connectivity index (χ3n) is 2.66. The molecule has 0 spiro atoms. The van der Waals surface area contributed by atoms with E-state index in [2.05, 4.69) is 0 Å². The lowest BCUT2D eigenvalue weighted by molar-refractivity contribution is 0.306. The quantitative estimate of drug-likeness (QED) is 0.847. The van der Waals surface area contributed by atoms with E-state index in [9.17, 15) is 18.8 Å². The zero-order valence-electron chi connectivity index (χ0n) is 10.2. The van der Waals surface area contributed by atoms with Crippen LogP contribution in [0.15, 0.2) is 36.4 Å². The summed E-state index contributed by atoms with van der Waals surface area (Å²) >= 11 is 5.80. The van der Waals surface area contributed by atoms with Gasteiger partial charge in [0.15, 0.2) is 0 Å². The first-order chi connectivity index (χ1) is 9.47. The van der Waals surface area contributed by atoms with Crippen molar-refractivity contribution >= 4 is 24.2 Å². The van der Waals surface area contributed by atoms with E-state index in [-0.39, 0.29) is 22.8 Å². The van der Waals surface area contributed by atoms with Crippen LogP contribution in [-0.4, -0.2) is 17.2 Å². The van der Waals surface area contributed by atoms with Crippen LogP contribution in [0.3, 0.4) is 0 Å². The summed E-state index contributed by atoms with van der Waals surface area (Å²) in [6.45, 7) is -0.0570. The van der Waals surface area contributed by atoms with Gasteiger partial charge in [0.1, 0.15) is 24.0 Å². The Morgan fingerprint density at radius 2 is 1.70 bits per heavy atom. The van der Waals surface area contributed by atoms with Crippen molar-refractivity contribution in [3.05, 3.63) is 58.6 Å². The second-order valence-corrected chi connectivity index (χ2v) is 4.49. The second-order valence-electron chi connectivity index (χ2n) is 4.08. The topological polar surface area (TPSA) is 49.7 Å². The number of benzene rings is 2. The molecule has 0 aliphatic carbocycles. The molecule has 0 unspecified atom stereocenters. The first-order valence-electron chi connectivity index (χ1n) is 5.69. The smallest absolute Gasteiger partial charge is 0.487 e. The van der Waals surface area contributed by atoms with Crippen LogP contribution in [0.4, 0.5) is 8.78 Å². The van der Waals surface area contributed by atoms with Crippen molar-refractivity contribution in [2.45, 2.75) is 6.61 Å². The van der Waals surface area contributed by atoms with Crippen molar-refractivity contribution in [2.75, 3.05) is 0 Å². The van der Waals surface area contributed by atoms with E-state index in [1.54, 1.807) is 0 Å². The number of hydrogen-bond donors (Lipinski definition) is 2. The van der Waals surface area contributed by atoms with E-state index in [4.69, 9.17) is 16.3 Å². The van der Waals surface area contributed by atoms with Crippen LogP contribution >= 0.6 is 11.6 Å². The molecule has 0 fully saturated rings. The molecule has 0 aromatic heterocycles. The summed E-state index contributed by atoms with van der Waals surface area (Å²) in [6.07, 6.45) is 0. The van der Waals surface area contributed by atoms with Crippen LogP contribution in [0.25, 0.3) is 0 Å². The average Bonchev–Trinajstić information content (AvgIpc) is 2.38. The van der Waals surface area contributed by atoms with E-state index >= 15 is 0 Å². The minimum atomic E-state index is -1.81. The monoisotopic (exact) mass is 298 g/mol. The molecular formula is C13H10BClF2O3. The van der Waals surface area contributed by atoms with E-state index in [0.717, 1.165) is 12.1 Å². The minimum Gasteiger partial charge on any atom is -0.487 e. The molecule has 0 saturated heterocycles. The highest BCUT2D eigenvalue weighted by molar-refractivity contribution is 6.59. The Morgan fingerprint density at radius 1 is 1.05 bits per heavy atom. The van der Waals surface area contributed by atoms with Crippen LogP contribution in [0.5, 0.6) is 5.75 Å². The van der Waals surface area contributed by atoms with E-state index in [1.165, 1.54) is 24.3 Å². The van der Waals surface area contributed by atoms with Gasteiger partial charge in [-0.05, 0) is 41.4 Å². The number of rotatable bonds is 4. The molecule has 0 amide bonds. The highest BCUT2D eigenvalue weighted by Gasteiger charge is 2.17. The molecule has 7 heteroatoms. The summed E-state index contributed by atoms with van der Waals surface area (Å²) < 4.78 is 31.3. The van der Waals surface area contributed by atoms with E-state index in [0.29, 0.717) is 5.56 Å². The summed E-state index contributed by atoms with van der Waals surface area (Å²) in [5.41, 5.74) is 0.394. The molecule has 2 N–H and O–H groups in total. The van der Waals surface area contributed by atoms with Crippen molar-refractivity contribution in [1.82, 2.24) is 0 Å². The summed E-state index contributed by atoms with van der Waals surface area (Å²) in [5.74, 6) is -0.831. The molecule has 2 aromatic rings. The molecule has 0 radical (unpaired) electrons. The van der Waals surface area contributed by atoms with Crippen LogP contribution < -0.4 is 10.2 Å². The Kier molecular flexibility index (Phi) is 4.59. The predicted molar refractivity (Wildman–Crippen MR) is 72.0 cm³/mol. The molecule has 3 nitrogen and oxygen atoms in total. The number of hydrogen-bond acceptors (Lipinski definition) is 3. The van der Waals surface area contributed by atoms with Gasteiger partial charge >= 0.3 is 7.12 Å². The molecule has 0 bridgehead atoms. The van der Waals surface area contributed by atoms with Gasteiger partial charge in [0, 0.05) is 0 Å². The largest absolute Gasteiger partial charge is 0.488 e. The number of ether oxygens (including phenoxy) is 1. The summed E-state index contributed by atoms with van der Waals surface area (Å²) in [6, 6.07) is 7.21. The Morgan fingerprint density at radius 3 is 2.35 bits per heavy atom. The molecule has 0 saturated carbocycles. The number of halogens is 3. The van der Waals surface area contributed by atoms with Crippen LogP contribution in [0.1, 0.15) is 5.56 Å². The maximum atomic E-state index is 13.1. The van der Waals surface area contributed by atoms with E-state index in [1.807, 2.05) is 0 Å². The van der Waals surface area contributed by atoms with Crippen LogP contribution in [0.2, 0.25) is 5.02 Å². The Labute approximate surface area is 119 Å². The van der Waals surface area contributed by atoms with Gasteiger partial charge in [-0.15, -0.1) is 0 Å². The highest BCUT2D eigenvalue weighted by atomic mass is 35.5. The lowest BCUT2D eigenvalue weighted by Crippen LogP contribution is -2.34.